The van der Waals surface area contributed by atoms with Crippen LogP contribution in [0.15, 0.2) is 0 Å². The molecule has 26 heavy (non-hydrogen) atoms. The molecule has 22 heteroatoms. The van der Waals surface area contributed by atoms with E-state index in [1.807, 2.05) is 0 Å². The first-order valence-electron chi connectivity index (χ1n) is 5.49. The lowest BCUT2D eigenvalue weighted by Gasteiger charge is -2.26. The predicted molar refractivity (Wildman–Crippen MR) is 72.4 cm³/mol. The van der Waals surface area contributed by atoms with Crippen LogP contribution in [0.25, 0.3) is 10.9 Å². The summed E-state index contributed by atoms with van der Waals surface area (Å²) in [6, 6.07) is 0. The minimum atomic E-state index is -1.66. The Labute approximate surface area is 139 Å². The molecule has 0 unspecified atom stereocenters. The zero-order valence-electron chi connectivity index (χ0n) is 12.0. The van der Waals surface area contributed by atoms with Crippen molar-refractivity contribution in [2.45, 2.75) is 0 Å². The van der Waals surface area contributed by atoms with Crippen molar-refractivity contribution < 1.29 is 25.2 Å². The summed E-state index contributed by atoms with van der Waals surface area (Å²) in [7, 11) is 0. The second kappa shape index (κ2) is 8.84. The first kappa shape index (κ1) is 21.3. The molecule has 0 aliphatic carbocycles. The zero-order chi connectivity index (χ0) is 20.6. The van der Waals surface area contributed by atoms with E-state index in [0.29, 0.717) is 0 Å². The van der Waals surface area contributed by atoms with Crippen LogP contribution in [0.2, 0.25) is 0 Å². The Hall–Kier alpha value is -4.66. The number of nitrogens with zero attached hydrogens (tertiary/aromatic N) is 10. The summed E-state index contributed by atoms with van der Waals surface area (Å²) in [5.74, 6) is -3.32. The highest BCUT2D eigenvalue weighted by Gasteiger charge is 2.30. The fourth-order valence-corrected chi connectivity index (χ4v) is 1.11. The van der Waals surface area contributed by atoms with Gasteiger partial charge >= 0.3 is 0 Å². The van der Waals surface area contributed by atoms with Crippen LogP contribution in [0.3, 0.4) is 0 Å². The van der Waals surface area contributed by atoms with E-state index < -0.39 is 60.4 Å². The summed E-state index contributed by atoms with van der Waals surface area (Å²) in [5.41, 5.74) is 4.49. The van der Waals surface area contributed by atoms with E-state index in [1.54, 1.807) is 0 Å². The molecule has 0 bridgehead atoms. The molecule has 0 rings (SSSR count). The Morgan fingerprint density at radius 1 is 0.692 bits per heavy atom. The van der Waals surface area contributed by atoms with E-state index in [0.717, 1.165) is 0 Å². The lowest BCUT2D eigenvalue weighted by atomic mass is 10.7. The number of guanidine groups is 2. The van der Waals surface area contributed by atoms with Crippen LogP contribution in [0.4, 0.5) is 0 Å². The van der Waals surface area contributed by atoms with Gasteiger partial charge in [-0.3, -0.25) is 0 Å². The van der Waals surface area contributed by atoms with E-state index >= 15 is 0 Å². The molecule has 0 saturated carbocycles. The third kappa shape index (κ3) is 6.62. The van der Waals surface area contributed by atoms with Crippen molar-refractivity contribution in [2.24, 2.45) is 0 Å². The van der Waals surface area contributed by atoms with E-state index in [-0.39, 0.29) is 5.01 Å². The molecule has 0 spiro atoms. The molecule has 0 heterocycles. The second-order valence-corrected chi connectivity index (χ2v) is 3.62. The van der Waals surface area contributed by atoms with E-state index in [1.165, 1.54) is 0 Å². The number of hydrazine groups is 3. The van der Waals surface area contributed by atoms with Crippen LogP contribution >= 0.6 is 0 Å². The quantitative estimate of drug-likeness (QED) is 0.149. The molecule has 0 radical (unpaired) electrons. The smallest absolute Gasteiger partial charge is 0.169 e. The van der Waals surface area contributed by atoms with E-state index in [2.05, 4.69) is 10.9 Å². The third-order valence-corrected chi connectivity index (χ3v) is 2.06. The molecule has 144 valence electrons. The van der Waals surface area contributed by atoms with Crippen molar-refractivity contribution in [3.05, 3.63) is 61.4 Å². The second-order valence-electron chi connectivity index (χ2n) is 3.62. The van der Waals surface area contributed by atoms with Crippen LogP contribution in [-0.4, -0.2) is 65.4 Å². The highest BCUT2D eigenvalue weighted by atomic mass is 16.7. The Bertz CT molecular complexity index is 598. The largest absolute Gasteiger partial charge is 0.402 e. The normalized spacial score (nSPS) is 9.38. The van der Waals surface area contributed by atoms with Gasteiger partial charge in [-0.25, -0.2) is 50.6 Å². The summed E-state index contributed by atoms with van der Waals surface area (Å²) < 4.78 is 0. The van der Waals surface area contributed by atoms with Crippen molar-refractivity contribution in [2.75, 3.05) is 13.3 Å². The molecule has 0 aliphatic rings. The lowest BCUT2D eigenvalue weighted by molar-refractivity contribution is -0.722. The molecular weight excluding hydrogens is 376 g/mol. The molecular formula is C4H6N12O10-2. The van der Waals surface area contributed by atoms with Crippen molar-refractivity contribution in [1.29, 1.82) is 10.8 Å². The average Bonchev–Trinajstić information content (AvgIpc) is 2.44. The Morgan fingerprint density at radius 3 is 1.19 bits per heavy atom. The number of hydrogen-bond acceptors (Lipinski definition) is 12. The SMILES string of the molecule is N=C([N-][N+](=O)[O-])N(CN(CN(C(=N)[N-][N+](=O)[O-])[N+](=O)[O-])[N+](=O)[O-])[N+](=O)[O-]. The number of hydrogen-bond donors (Lipinski definition) is 2. The number of nitrogens with one attached hydrogen (secondary N) is 2. The summed E-state index contributed by atoms with van der Waals surface area (Å²) >= 11 is 0. The minimum Gasteiger partial charge on any atom is -0.402 e. The molecule has 0 aromatic heterocycles. The van der Waals surface area contributed by atoms with Gasteiger partial charge in [-0.1, -0.05) is 10.9 Å². The highest BCUT2D eigenvalue weighted by molar-refractivity contribution is 5.86. The Morgan fingerprint density at radius 2 is 1.00 bits per heavy atom. The highest BCUT2D eigenvalue weighted by Crippen LogP contribution is 2.06. The standard InChI is InChI=1S/C4H6N12O10/c5-3(7-12(17)18)10(15(23)24)1-9(14(21)22)2-11(16(25)26)4(6)8-13(19)20/h1-2H2,(H2-2,5,6,7,8)/q-2. The number of nitro groups is 5. The summed E-state index contributed by atoms with van der Waals surface area (Å²) in [6.07, 6.45) is 0. The molecule has 0 saturated heterocycles. The van der Waals surface area contributed by atoms with Crippen molar-refractivity contribution in [1.82, 2.24) is 15.0 Å². The summed E-state index contributed by atoms with van der Waals surface area (Å²) in [5, 5.41) is 57.7. The molecule has 0 fully saturated rings. The fraction of sp³-hybridized carbons (Fsp3) is 0.500. The number of rotatable bonds is 9. The maximum absolute atomic E-state index is 10.9. The van der Waals surface area contributed by atoms with Gasteiger partial charge in [0.1, 0.15) is 32.0 Å². The minimum absolute atomic E-state index is 0.348. The molecule has 22 nitrogen and oxygen atoms in total. The monoisotopic (exact) mass is 382 g/mol. The van der Waals surface area contributed by atoms with Crippen molar-refractivity contribution >= 4 is 11.9 Å². The van der Waals surface area contributed by atoms with Crippen LogP contribution < -0.4 is 0 Å². The molecule has 0 atom stereocenters. The van der Waals surface area contributed by atoms with Gasteiger partial charge in [0, 0.05) is 0 Å². The average molecular weight is 382 g/mol. The predicted octanol–water partition coefficient (Wildman–Crippen LogP) is -1.62. The first-order valence-corrected chi connectivity index (χ1v) is 5.49. The maximum atomic E-state index is 10.9. The van der Waals surface area contributed by atoms with E-state index in [9.17, 15) is 50.6 Å². The van der Waals surface area contributed by atoms with Crippen LogP contribution in [0.1, 0.15) is 0 Å². The fourth-order valence-electron chi connectivity index (χ4n) is 1.11. The molecule has 0 aromatic rings. The Kier molecular flexibility index (Phi) is 7.25. The van der Waals surface area contributed by atoms with Gasteiger partial charge in [0.15, 0.2) is 18.4 Å². The van der Waals surface area contributed by atoms with Crippen molar-refractivity contribution in [3.8, 4) is 0 Å². The third-order valence-electron chi connectivity index (χ3n) is 2.06. The maximum Gasteiger partial charge on any atom is 0.169 e. The molecule has 0 aromatic carbocycles. The van der Waals surface area contributed by atoms with Gasteiger partial charge in [-0.15, -0.1) is 15.0 Å². The molecule has 0 amide bonds. The van der Waals surface area contributed by atoms with Gasteiger partial charge in [0.05, 0.1) is 0 Å². The van der Waals surface area contributed by atoms with Gasteiger partial charge in [-0.05, 0) is 0 Å². The van der Waals surface area contributed by atoms with Gasteiger partial charge in [0.25, 0.3) is 0 Å². The Balaban J connectivity index is 5.45. The van der Waals surface area contributed by atoms with Crippen LogP contribution in [0, 0.1) is 61.4 Å². The van der Waals surface area contributed by atoms with Crippen LogP contribution in [0.5, 0.6) is 0 Å². The zero-order valence-corrected chi connectivity index (χ0v) is 12.0. The van der Waals surface area contributed by atoms with Gasteiger partial charge < -0.3 is 10.8 Å². The topological polar surface area (TPSA) is 301 Å². The molecule has 2 N–H and O–H groups in total. The molecule has 0 aliphatic heterocycles. The first-order chi connectivity index (χ1) is 11.9. The van der Waals surface area contributed by atoms with Crippen LogP contribution in [-0.2, 0) is 0 Å². The lowest BCUT2D eigenvalue weighted by Crippen LogP contribution is -2.52. The van der Waals surface area contributed by atoms with Gasteiger partial charge in [0.2, 0.25) is 0 Å². The summed E-state index contributed by atoms with van der Waals surface area (Å²) in [6.45, 7) is -3.15. The van der Waals surface area contributed by atoms with Gasteiger partial charge in [-0.2, -0.15) is 0 Å². The van der Waals surface area contributed by atoms with E-state index in [4.69, 9.17) is 10.8 Å². The van der Waals surface area contributed by atoms with Crippen molar-refractivity contribution in [3.63, 3.8) is 0 Å². The summed E-state index contributed by atoms with van der Waals surface area (Å²) in [4.78, 5) is 52.6.